The maximum absolute atomic E-state index is 11.4. The van der Waals surface area contributed by atoms with E-state index in [9.17, 15) is 14.7 Å². The SMILES string of the molecule is CC(C)C(=O)OC[C@@H]1C[C@@H](O)[C@H](c2nc(C(N)=O)ns2)O1. The van der Waals surface area contributed by atoms with Crippen molar-refractivity contribution in [2.24, 2.45) is 11.7 Å². The third kappa shape index (κ3) is 3.74. The van der Waals surface area contributed by atoms with Gasteiger partial charge in [-0.2, -0.15) is 4.37 Å². The van der Waals surface area contributed by atoms with Gasteiger partial charge in [0.15, 0.2) is 0 Å². The van der Waals surface area contributed by atoms with Crippen molar-refractivity contribution in [3.05, 3.63) is 10.8 Å². The molecule has 0 saturated carbocycles. The number of aliphatic hydroxyl groups excluding tert-OH is 1. The summed E-state index contributed by atoms with van der Waals surface area (Å²) in [6.07, 6.45) is -1.56. The van der Waals surface area contributed by atoms with Crippen LogP contribution >= 0.6 is 11.5 Å². The molecule has 9 heteroatoms. The number of carbonyl (C=O) groups is 2. The fourth-order valence-electron chi connectivity index (χ4n) is 1.87. The average molecular weight is 315 g/mol. The first-order chi connectivity index (χ1) is 9.88. The molecule has 8 nitrogen and oxygen atoms in total. The number of rotatable bonds is 5. The zero-order valence-corrected chi connectivity index (χ0v) is 12.5. The van der Waals surface area contributed by atoms with E-state index in [0.29, 0.717) is 11.4 Å². The maximum Gasteiger partial charge on any atom is 0.308 e. The second-order valence-electron chi connectivity index (χ2n) is 5.09. The first-order valence-corrected chi connectivity index (χ1v) is 7.29. The molecular weight excluding hydrogens is 298 g/mol. The number of hydrogen-bond acceptors (Lipinski definition) is 8. The number of nitrogens with two attached hydrogens (primary N) is 1. The number of aliphatic hydroxyl groups is 1. The van der Waals surface area contributed by atoms with E-state index in [0.717, 1.165) is 11.5 Å². The second-order valence-corrected chi connectivity index (χ2v) is 5.87. The largest absolute Gasteiger partial charge is 0.463 e. The van der Waals surface area contributed by atoms with Crippen LogP contribution in [0.4, 0.5) is 0 Å². The second kappa shape index (κ2) is 6.46. The Labute approximate surface area is 125 Å². The van der Waals surface area contributed by atoms with Crippen LogP contribution in [-0.4, -0.2) is 45.2 Å². The molecule has 0 radical (unpaired) electrons. The van der Waals surface area contributed by atoms with Gasteiger partial charge in [-0.15, -0.1) is 0 Å². The van der Waals surface area contributed by atoms with Crippen LogP contribution in [0.25, 0.3) is 0 Å². The minimum Gasteiger partial charge on any atom is -0.463 e. The summed E-state index contributed by atoms with van der Waals surface area (Å²) in [4.78, 5) is 26.3. The number of amides is 1. The van der Waals surface area contributed by atoms with Gasteiger partial charge in [-0.25, -0.2) is 4.98 Å². The van der Waals surface area contributed by atoms with E-state index in [2.05, 4.69) is 9.36 Å². The van der Waals surface area contributed by atoms with Crippen LogP contribution in [0.2, 0.25) is 0 Å². The Hall–Kier alpha value is -1.58. The Kier molecular flexibility index (Phi) is 4.86. The molecule has 21 heavy (non-hydrogen) atoms. The normalized spacial score (nSPS) is 25.2. The molecule has 116 valence electrons. The average Bonchev–Trinajstić information content (AvgIpc) is 3.02. The maximum atomic E-state index is 11.4. The molecule has 0 unspecified atom stereocenters. The van der Waals surface area contributed by atoms with Crippen LogP contribution < -0.4 is 5.73 Å². The van der Waals surface area contributed by atoms with Gasteiger partial charge in [0, 0.05) is 6.42 Å². The number of esters is 1. The molecular formula is C12H17N3O5S. The highest BCUT2D eigenvalue weighted by Crippen LogP contribution is 2.34. The van der Waals surface area contributed by atoms with Gasteiger partial charge in [-0.05, 0) is 11.5 Å². The third-order valence-electron chi connectivity index (χ3n) is 2.98. The number of aromatic nitrogens is 2. The molecule has 1 aromatic rings. The lowest BCUT2D eigenvalue weighted by atomic mass is 10.1. The van der Waals surface area contributed by atoms with Crippen LogP contribution in [0.1, 0.15) is 42.0 Å². The van der Waals surface area contributed by atoms with E-state index >= 15 is 0 Å². The molecule has 3 N–H and O–H groups in total. The monoisotopic (exact) mass is 315 g/mol. The van der Waals surface area contributed by atoms with Crippen molar-refractivity contribution in [3.63, 3.8) is 0 Å². The number of hydrogen-bond donors (Lipinski definition) is 2. The highest BCUT2D eigenvalue weighted by Gasteiger charge is 2.38. The van der Waals surface area contributed by atoms with E-state index in [1.54, 1.807) is 13.8 Å². The van der Waals surface area contributed by atoms with Crippen LogP contribution in [0.15, 0.2) is 0 Å². The summed E-state index contributed by atoms with van der Waals surface area (Å²) in [6.45, 7) is 3.55. The molecule has 2 heterocycles. The highest BCUT2D eigenvalue weighted by atomic mass is 32.1. The lowest BCUT2D eigenvalue weighted by molar-refractivity contribution is -0.151. The molecule has 0 aliphatic carbocycles. The van der Waals surface area contributed by atoms with Gasteiger partial charge in [0.2, 0.25) is 5.82 Å². The van der Waals surface area contributed by atoms with Crippen LogP contribution in [0.3, 0.4) is 0 Å². The minimum atomic E-state index is -0.790. The molecule has 1 saturated heterocycles. The molecule has 1 aliphatic heterocycles. The van der Waals surface area contributed by atoms with E-state index in [-0.39, 0.29) is 24.3 Å². The summed E-state index contributed by atoms with van der Waals surface area (Å²) >= 11 is 0.956. The Morgan fingerprint density at radius 3 is 2.86 bits per heavy atom. The Morgan fingerprint density at radius 2 is 2.29 bits per heavy atom. The van der Waals surface area contributed by atoms with Gasteiger partial charge in [0.1, 0.15) is 17.7 Å². The lowest BCUT2D eigenvalue weighted by Gasteiger charge is -2.13. The summed E-state index contributed by atoms with van der Waals surface area (Å²) < 4.78 is 14.5. The van der Waals surface area contributed by atoms with Gasteiger partial charge in [0.25, 0.3) is 5.91 Å². The van der Waals surface area contributed by atoms with Crippen molar-refractivity contribution in [1.82, 2.24) is 9.36 Å². The molecule has 1 amide bonds. The smallest absolute Gasteiger partial charge is 0.308 e. The summed E-state index contributed by atoms with van der Waals surface area (Å²) in [6, 6.07) is 0. The summed E-state index contributed by atoms with van der Waals surface area (Å²) in [5.74, 6) is -1.36. The van der Waals surface area contributed by atoms with Crippen molar-refractivity contribution in [2.75, 3.05) is 6.61 Å². The van der Waals surface area contributed by atoms with Crippen molar-refractivity contribution in [1.29, 1.82) is 0 Å². The van der Waals surface area contributed by atoms with E-state index < -0.39 is 24.2 Å². The Bertz CT molecular complexity index is 533. The van der Waals surface area contributed by atoms with Crippen LogP contribution in [0, 0.1) is 5.92 Å². The summed E-state index contributed by atoms with van der Waals surface area (Å²) in [7, 11) is 0. The molecule has 2 rings (SSSR count). The van der Waals surface area contributed by atoms with Crippen molar-refractivity contribution in [2.45, 2.75) is 38.6 Å². The molecule has 1 aromatic heterocycles. The Morgan fingerprint density at radius 1 is 1.57 bits per heavy atom. The zero-order chi connectivity index (χ0) is 15.6. The molecule has 0 bridgehead atoms. The van der Waals surface area contributed by atoms with Gasteiger partial charge < -0.3 is 20.3 Å². The quantitative estimate of drug-likeness (QED) is 0.734. The van der Waals surface area contributed by atoms with Crippen molar-refractivity contribution >= 4 is 23.4 Å². The van der Waals surface area contributed by atoms with E-state index in [4.69, 9.17) is 15.2 Å². The van der Waals surface area contributed by atoms with Crippen molar-refractivity contribution < 1.29 is 24.2 Å². The summed E-state index contributed by atoms with van der Waals surface area (Å²) in [5, 5.41) is 10.4. The minimum absolute atomic E-state index is 0.0755. The van der Waals surface area contributed by atoms with Gasteiger partial charge in [-0.1, -0.05) is 13.8 Å². The molecule has 1 aliphatic rings. The molecule has 0 spiro atoms. The molecule has 1 fully saturated rings. The topological polar surface area (TPSA) is 125 Å². The standard InChI is InChI=1S/C12H17N3O5S/c1-5(2)12(18)19-4-6-3-7(16)8(20-6)11-14-10(9(13)17)15-21-11/h5-8,16H,3-4H2,1-2H3,(H2,13,17)/t6-,7+,8+/m0/s1. The highest BCUT2D eigenvalue weighted by molar-refractivity contribution is 7.05. The van der Waals surface area contributed by atoms with E-state index in [1.807, 2.05) is 0 Å². The number of primary amides is 1. The van der Waals surface area contributed by atoms with Gasteiger partial charge in [0.05, 0.1) is 18.1 Å². The predicted molar refractivity (Wildman–Crippen MR) is 72.5 cm³/mol. The first kappa shape index (κ1) is 15.8. The zero-order valence-electron chi connectivity index (χ0n) is 11.7. The van der Waals surface area contributed by atoms with Crippen molar-refractivity contribution in [3.8, 4) is 0 Å². The first-order valence-electron chi connectivity index (χ1n) is 6.52. The number of ether oxygens (including phenoxy) is 2. The Balaban J connectivity index is 1.94. The van der Waals surface area contributed by atoms with E-state index in [1.165, 1.54) is 0 Å². The lowest BCUT2D eigenvalue weighted by Crippen LogP contribution is -2.21. The summed E-state index contributed by atoms with van der Waals surface area (Å²) in [5.41, 5.74) is 5.08. The number of nitrogens with zero attached hydrogens (tertiary/aromatic N) is 2. The number of carbonyl (C=O) groups excluding carboxylic acids is 2. The fraction of sp³-hybridized carbons (Fsp3) is 0.667. The van der Waals surface area contributed by atoms with Gasteiger partial charge in [-0.3, -0.25) is 9.59 Å². The molecule has 0 aromatic carbocycles. The predicted octanol–water partition coefficient (Wildman–Crippen LogP) is 0.0271. The third-order valence-corrected chi connectivity index (χ3v) is 3.76. The molecule has 3 atom stereocenters. The van der Waals surface area contributed by atoms with Gasteiger partial charge >= 0.3 is 5.97 Å². The van der Waals surface area contributed by atoms with Crippen LogP contribution in [-0.2, 0) is 14.3 Å². The van der Waals surface area contributed by atoms with Crippen LogP contribution in [0.5, 0.6) is 0 Å². The fourth-order valence-corrected chi connectivity index (χ4v) is 2.62.